The molecule has 25 heavy (non-hydrogen) atoms. The summed E-state index contributed by atoms with van der Waals surface area (Å²) in [7, 11) is 0. The lowest BCUT2D eigenvalue weighted by atomic mass is 10.1. The van der Waals surface area contributed by atoms with E-state index >= 15 is 0 Å². The molecule has 1 aliphatic heterocycles. The van der Waals surface area contributed by atoms with E-state index in [1.165, 1.54) is 11.3 Å². The van der Waals surface area contributed by atoms with Gasteiger partial charge in [-0.15, -0.1) is 0 Å². The lowest BCUT2D eigenvalue weighted by molar-refractivity contribution is 0.0948. The molecule has 3 rings (SSSR count). The van der Waals surface area contributed by atoms with Crippen LogP contribution in [0, 0.1) is 24.2 Å². The van der Waals surface area contributed by atoms with Gasteiger partial charge in [0, 0.05) is 35.9 Å². The first-order valence-electron chi connectivity index (χ1n) is 8.36. The van der Waals surface area contributed by atoms with Crippen LogP contribution in [0.2, 0.25) is 5.02 Å². The summed E-state index contributed by atoms with van der Waals surface area (Å²) in [5.41, 5.74) is 3.53. The molecule has 1 amide bonds. The SMILES string of the molecule is Cc1ccc(Cl)cc1N1CCC(CNC(=O)c2ccc(C#N)cc2)C1. The Balaban J connectivity index is 1.55. The van der Waals surface area contributed by atoms with E-state index in [-0.39, 0.29) is 5.91 Å². The van der Waals surface area contributed by atoms with Crippen LogP contribution in [0.15, 0.2) is 42.5 Å². The Bertz CT molecular complexity index is 811. The van der Waals surface area contributed by atoms with Crippen LogP contribution in [0.4, 0.5) is 5.69 Å². The van der Waals surface area contributed by atoms with Crippen LogP contribution < -0.4 is 10.2 Å². The summed E-state index contributed by atoms with van der Waals surface area (Å²) >= 11 is 6.12. The molecule has 0 aromatic heterocycles. The molecule has 0 radical (unpaired) electrons. The summed E-state index contributed by atoms with van der Waals surface area (Å²) in [6.07, 6.45) is 1.04. The Kier molecular flexibility index (Phi) is 5.25. The molecule has 1 heterocycles. The van der Waals surface area contributed by atoms with E-state index in [1.807, 2.05) is 18.2 Å². The number of aryl methyl sites for hydroxylation is 1. The molecule has 128 valence electrons. The molecule has 1 fully saturated rings. The van der Waals surface area contributed by atoms with Crippen LogP contribution in [0.5, 0.6) is 0 Å². The second kappa shape index (κ2) is 7.58. The van der Waals surface area contributed by atoms with Gasteiger partial charge >= 0.3 is 0 Å². The van der Waals surface area contributed by atoms with Crippen molar-refractivity contribution in [3.05, 3.63) is 64.2 Å². The summed E-state index contributed by atoms with van der Waals surface area (Å²) in [6, 6.07) is 14.7. The summed E-state index contributed by atoms with van der Waals surface area (Å²) < 4.78 is 0. The lowest BCUT2D eigenvalue weighted by Crippen LogP contribution is -2.31. The van der Waals surface area contributed by atoms with E-state index in [0.717, 1.165) is 24.5 Å². The zero-order chi connectivity index (χ0) is 17.8. The van der Waals surface area contributed by atoms with Crippen LogP contribution in [0.25, 0.3) is 0 Å². The minimum Gasteiger partial charge on any atom is -0.371 e. The summed E-state index contributed by atoms with van der Waals surface area (Å²) in [5, 5.41) is 12.6. The van der Waals surface area contributed by atoms with Crippen LogP contribution in [0.3, 0.4) is 0 Å². The van der Waals surface area contributed by atoms with Crippen molar-refractivity contribution >= 4 is 23.2 Å². The molecule has 0 bridgehead atoms. The number of anilines is 1. The van der Waals surface area contributed by atoms with Crippen molar-refractivity contribution in [3.8, 4) is 6.07 Å². The standard InChI is InChI=1S/C20H20ClN3O/c1-14-2-7-18(21)10-19(14)24-9-8-16(13-24)12-23-20(25)17-5-3-15(11-22)4-6-17/h2-7,10,16H,8-9,12-13H2,1H3,(H,23,25). The fraction of sp³-hybridized carbons (Fsp3) is 0.300. The Morgan fingerprint density at radius 2 is 2.08 bits per heavy atom. The quantitative estimate of drug-likeness (QED) is 0.910. The molecule has 0 aliphatic carbocycles. The van der Waals surface area contributed by atoms with Gasteiger partial charge < -0.3 is 10.2 Å². The molecular weight excluding hydrogens is 334 g/mol. The highest BCUT2D eigenvalue weighted by molar-refractivity contribution is 6.30. The maximum absolute atomic E-state index is 12.2. The largest absolute Gasteiger partial charge is 0.371 e. The van der Waals surface area contributed by atoms with E-state index in [4.69, 9.17) is 16.9 Å². The Labute approximate surface area is 153 Å². The molecule has 1 atom stereocenters. The van der Waals surface area contributed by atoms with Crippen LogP contribution in [-0.2, 0) is 0 Å². The monoisotopic (exact) mass is 353 g/mol. The van der Waals surface area contributed by atoms with Crippen molar-refractivity contribution in [2.75, 3.05) is 24.5 Å². The number of hydrogen-bond acceptors (Lipinski definition) is 3. The number of hydrogen-bond donors (Lipinski definition) is 1. The average molecular weight is 354 g/mol. The highest BCUT2D eigenvalue weighted by atomic mass is 35.5. The van der Waals surface area contributed by atoms with Crippen LogP contribution in [0.1, 0.15) is 27.9 Å². The summed E-state index contributed by atoms with van der Waals surface area (Å²) in [6.45, 7) is 4.62. The molecule has 2 aromatic rings. The number of nitrogens with one attached hydrogen (secondary N) is 1. The highest BCUT2D eigenvalue weighted by Crippen LogP contribution is 2.29. The smallest absolute Gasteiger partial charge is 0.251 e. The van der Waals surface area contributed by atoms with Gasteiger partial charge in [0.25, 0.3) is 5.91 Å². The normalized spacial score (nSPS) is 16.5. The highest BCUT2D eigenvalue weighted by Gasteiger charge is 2.24. The predicted molar refractivity (Wildman–Crippen MR) is 100.0 cm³/mol. The topological polar surface area (TPSA) is 56.1 Å². The Morgan fingerprint density at radius 3 is 2.80 bits per heavy atom. The third-order valence-electron chi connectivity index (χ3n) is 4.63. The van der Waals surface area contributed by atoms with Gasteiger partial charge in [-0.2, -0.15) is 5.26 Å². The number of rotatable bonds is 4. The Morgan fingerprint density at radius 1 is 1.32 bits per heavy atom. The number of carbonyl (C=O) groups excluding carboxylic acids is 1. The fourth-order valence-corrected chi connectivity index (χ4v) is 3.34. The number of benzene rings is 2. The van der Waals surface area contributed by atoms with E-state index in [0.29, 0.717) is 23.6 Å². The molecule has 1 unspecified atom stereocenters. The fourth-order valence-electron chi connectivity index (χ4n) is 3.18. The molecule has 0 spiro atoms. The molecule has 1 aliphatic rings. The van der Waals surface area contributed by atoms with Gasteiger partial charge in [0.2, 0.25) is 0 Å². The minimum absolute atomic E-state index is 0.0955. The number of nitrogens with zero attached hydrogens (tertiary/aromatic N) is 2. The second-order valence-corrected chi connectivity index (χ2v) is 6.87. The van der Waals surface area contributed by atoms with Crippen molar-refractivity contribution in [2.24, 2.45) is 5.92 Å². The Hall–Kier alpha value is -2.51. The molecule has 0 saturated carbocycles. The molecule has 1 N–H and O–H groups in total. The summed E-state index contributed by atoms with van der Waals surface area (Å²) in [4.78, 5) is 14.6. The van der Waals surface area contributed by atoms with Crippen molar-refractivity contribution in [1.82, 2.24) is 5.32 Å². The number of nitriles is 1. The van der Waals surface area contributed by atoms with Crippen molar-refractivity contribution in [3.63, 3.8) is 0 Å². The zero-order valence-corrected chi connectivity index (χ0v) is 14.9. The molecule has 1 saturated heterocycles. The molecule has 5 heteroatoms. The number of amides is 1. The van der Waals surface area contributed by atoms with E-state index in [1.54, 1.807) is 24.3 Å². The lowest BCUT2D eigenvalue weighted by Gasteiger charge is -2.21. The van der Waals surface area contributed by atoms with Gasteiger partial charge in [-0.25, -0.2) is 0 Å². The van der Waals surface area contributed by atoms with Gasteiger partial charge in [0.05, 0.1) is 11.6 Å². The number of halogens is 1. The van der Waals surface area contributed by atoms with E-state index in [2.05, 4.69) is 23.2 Å². The van der Waals surface area contributed by atoms with Gasteiger partial charge in [0.15, 0.2) is 0 Å². The van der Waals surface area contributed by atoms with Gasteiger partial charge in [-0.3, -0.25) is 4.79 Å². The van der Waals surface area contributed by atoms with E-state index < -0.39 is 0 Å². The zero-order valence-electron chi connectivity index (χ0n) is 14.1. The third-order valence-corrected chi connectivity index (χ3v) is 4.86. The maximum atomic E-state index is 12.2. The molecular formula is C20H20ClN3O. The second-order valence-electron chi connectivity index (χ2n) is 6.43. The first kappa shape index (κ1) is 17.3. The maximum Gasteiger partial charge on any atom is 0.251 e. The predicted octanol–water partition coefficient (Wildman–Crippen LogP) is 3.78. The first-order chi connectivity index (χ1) is 12.1. The third kappa shape index (κ3) is 4.12. The first-order valence-corrected chi connectivity index (χ1v) is 8.74. The molecule has 4 nitrogen and oxygen atoms in total. The van der Waals surface area contributed by atoms with Crippen LogP contribution in [-0.4, -0.2) is 25.5 Å². The van der Waals surface area contributed by atoms with Gasteiger partial charge in [0.1, 0.15) is 0 Å². The van der Waals surface area contributed by atoms with Crippen molar-refractivity contribution in [1.29, 1.82) is 5.26 Å². The van der Waals surface area contributed by atoms with Gasteiger partial charge in [-0.05, 0) is 61.2 Å². The average Bonchev–Trinajstić information content (AvgIpc) is 3.10. The number of carbonyl (C=O) groups is 1. The minimum atomic E-state index is -0.0955. The summed E-state index contributed by atoms with van der Waals surface area (Å²) in [5.74, 6) is 0.322. The van der Waals surface area contributed by atoms with E-state index in [9.17, 15) is 4.79 Å². The molecule has 2 aromatic carbocycles. The van der Waals surface area contributed by atoms with Crippen molar-refractivity contribution < 1.29 is 4.79 Å². The van der Waals surface area contributed by atoms with Crippen LogP contribution >= 0.6 is 11.6 Å². The van der Waals surface area contributed by atoms with Crippen molar-refractivity contribution in [2.45, 2.75) is 13.3 Å². The van der Waals surface area contributed by atoms with Gasteiger partial charge in [-0.1, -0.05) is 17.7 Å².